The van der Waals surface area contributed by atoms with E-state index in [1.807, 2.05) is 0 Å². The van der Waals surface area contributed by atoms with Crippen molar-refractivity contribution in [2.45, 2.75) is 38.1 Å². The van der Waals surface area contributed by atoms with Crippen molar-refractivity contribution in [3.05, 3.63) is 11.1 Å². The van der Waals surface area contributed by atoms with Gasteiger partial charge in [-0.15, -0.1) is 35.6 Å². The summed E-state index contributed by atoms with van der Waals surface area (Å²) in [4.78, 5) is 0. The molecule has 1 fully saturated rings. The number of nitrogens with zero attached hydrogens (tertiary/aromatic N) is 2. The van der Waals surface area contributed by atoms with Crippen LogP contribution in [0.1, 0.15) is 32.1 Å². The second-order valence-electron chi connectivity index (χ2n) is 3.88. The molecule has 6 heteroatoms. The lowest BCUT2D eigenvalue weighted by Gasteiger charge is -2.31. The molecule has 0 aromatic carbocycles. The number of hydrogen-bond acceptors (Lipinski definition) is 5. The molecule has 0 unspecified atom stereocenters. The van der Waals surface area contributed by atoms with Gasteiger partial charge in [0.15, 0.2) is 0 Å². The van der Waals surface area contributed by atoms with E-state index in [1.54, 1.807) is 11.3 Å². The lowest BCUT2D eigenvalue weighted by molar-refractivity contribution is 0.101. The highest BCUT2D eigenvalue weighted by molar-refractivity contribution is 7.97. The van der Waals surface area contributed by atoms with Crippen molar-refractivity contribution in [3.63, 3.8) is 0 Å². The van der Waals surface area contributed by atoms with Gasteiger partial charge in [0.1, 0.15) is 5.04 Å². The molecular weight excluding hydrogens is 228 g/mol. The van der Waals surface area contributed by atoms with E-state index in [9.17, 15) is 0 Å². The molecule has 84 valence electrons. The van der Waals surface area contributed by atoms with Gasteiger partial charge in [-0.2, -0.15) is 5.43 Å². The van der Waals surface area contributed by atoms with Crippen molar-refractivity contribution in [2.75, 3.05) is 0 Å². The highest BCUT2D eigenvalue weighted by Gasteiger charge is 2.17. The molecule has 2 aliphatic rings. The fourth-order valence-electron chi connectivity index (χ4n) is 1.89. The van der Waals surface area contributed by atoms with Gasteiger partial charge >= 0.3 is 0 Å². The van der Waals surface area contributed by atoms with E-state index in [0.717, 1.165) is 5.03 Å². The normalized spacial score (nSPS) is 23.2. The average Bonchev–Trinajstić information content (AvgIpc) is 2.17. The third-order valence-electron chi connectivity index (χ3n) is 2.60. The van der Waals surface area contributed by atoms with Gasteiger partial charge < -0.3 is 0 Å². The minimum atomic E-state index is 0.510. The molecule has 15 heavy (non-hydrogen) atoms. The van der Waals surface area contributed by atoms with Crippen molar-refractivity contribution in [2.24, 2.45) is 5.10 Å². The van der Waals surface area contributed by atoms with Crippen molar-refractivity contribution in [1.82, 2.24) is 16.1 Å². The fraction of sp³-hybridized carbons (Fsp3) is 0.667. The maximum absolute atomic E-state index is 4.24. The molecule has 2 rings (SSSR count). The van der Waals surface area contributed by atoms with E-state index in [1.165, 1.54) is 32.1 Å². The Bertz CT molecular complexity index is 284. The highest BCUT2D eigenvalue weighted by Crippen LogP contribution is 2.18. The molecule has 1 aliphatic carbocycles. The number of hydrazone groups is 1. The van der Waals surface area contributed by atoms with Gasteiger partial charge in [0.25, 0.3) is 0 Å². The first-order chi connectivity index (χ1) is 7.24. The van der Waals surface area contributed by atoms with Gasteiger partial charge in [0.05, 0.1) is 5.03 Å². The molecule has 4 nitrogen and oxygen atoms in total. The van der Waals surface area contributed by atoms with Gasteiger partial charge in [-0.25, -0.2) is 0 Å². The van der Waals surface area contributed by atoms with Crippen LogP contribution >= 0.6 is 25.3 Å². The topological polar surface area (TPSA) is 39.7 Å². The molecule has 0 saturated heterocycles. The van der Waals surface area contributed by atoms with E-state index in [0.29, 0.717) is 11.1 Å². The number of nitrogens with one attached hydrogen (secondary N) is 2. The summed E-state index contributed by atoms with van der Waals surface area (Å²) in [6, 6.07) is 0.510. The average molecular weight is 244 g/mol. The summed E-state index contributed by atoms with van der Waals surface area (Å²) in [5.41, 5.74) is 6.32. The highest BCUT2D eigenvalue weighted by atomic mass is 32.1. The summed E-state index contributed by atoms with van der Waals surface area (Å²) in [6.45, 7) is 0. The standard InChI is InChI=1S/C9H16N4S2/c14-8-6-9(15)12-13(11-8)10-7-4-2-1-3-5-7/h6-7,10-11,14H,1-5H2,(H,12,15). The van der Waals surface area contributed by atoms with E-state index in [2.05, 4.69) is 41.2 Å². The lowest BCUT2D eigenvalue weighted by atomic mass is 9.96. The van der Waals surface area contributed by atoms with Gasteiger partial charge in [0, 0.05) is 12.1 Å². The Hall–Kier alpha value is -0.330. The van der Waals surface area contributed by atoms with Crippen LogP contribution < -0.4 is 10.9 Å². The van der Waals surface area contributed by atoms with Crippen LogP contribution in [0.15, 0.2) is 16.2 Å². The van der Waals surface area contributed by atoms with Crippen LogP contribution in [0, 0.1) is 0 Å². The molecule has 0 bridgehead atoms. The Labute approximate surface area is 101 Å². The molecule has 0 amide bonds. The van der Waals surface area contributed by atoms with Crippen molar-refractivity contribution in [3.8, 4) is 0 Å². The predicted octanol–water partition coefficient (Wildman–Crippen LogP) is 1.66. The molecule has 1 saturated carbocycles. The van der Waals surface area contributed by atoms with Crippen LogP contribution in [-0.4, -0.2) is 16.3 Å². The first-order valence-electron chi connectivity index (χ1n) is 5.25. The van der Waals surface area contributed by atoms with Crippen LogP contribution in [0.5, 0.6) is 0 Å². The van der Waals surface area contributed by atoms with Gasteiger partial charge in [0.2, 0.25) is 0 Å². The number of hydrazine groups is 2. The summed E-state index contributed by atoms with van der Waals surface area (Å²) in [6.07, 6.45) is 8.14. The molecule has 2 N–H and O–H groups in total. The van der Waals surface area contributed by atoms with E-state index in [4.69, 9.17) is 0 Å². The summed E-state index contributed by atoms with van der Waals surface area (Å²) >= 11 is 8.44. The quantitative estimate of drug-likeness (QED) is 0.558. The minimum Gasteiger partial charge on any atom is -0.261 e. The summed E-state index contributed by atoms with van der Waals surface area (Å²) < 4.78 is 0. The molecule has 0 aromatic rings. The summed E-state index contributed by atoms with van der Waals surface area (Å²) in [7, 11) is 0. The van der Waals surface area contributed by atoms with Crippen LogP contribution in [0.4, 0.5) is 0 Å². The first kappa shape index (κ1) is 11.2. The zero-order chi connectivity index (χ0) is 10.7. The predicted molar refractivity (Wildman–Crippen MR) is 68.5 cm³/mol. The Morgan fingerprint density at radius 1 is 1.33 bits per heavy atom. The third kappa shape index (κ3) is 3.32. The van der Waals surface area contributed by atoms with E-state index < -0.39 is 0 Å². The molecule has 0 spiro atoms. The van der Waals surface area contributed by atoms with Crippen molar-refractivity contribution in [1.29, 1.82) is 0 Å². The minimum absolute atomic E-state index is 0.510. The number of hydrogen-bond donors (Lipinski definition) is 4. The maximum Gasteiger partial charge on any atom is 0.119 e. The van der Waals surface area contributed by atoms with Crippen LogP contribution in [-0.2, 0) is 0 Å². The smallest absolute Gasteiger partial charge is 0.119 e. The molecule has 1 heterocycles. The van der Waals surface area contributed by atoms with E-state index in [-0.39, 0.29) is 0 Å². The van der Waals surface area contributed by atoms with Crippen LogP contribution in [0.25, 0.3) is 0 Å². The zero-order valence-electron chi connectivity index (χ0n) is 8.48. The Morgan fingerprint density at radius 2 is 2.07 bits per heavy atom. The van der Waals surface area contributed by atoms with Crippen molar-refractivity contribution < 1.29 is 0 Å². The monoisotopic (exact) mass is 244 g/mol. The molecule has 1 aliphatic heterocycles. The van der Waals surface area contributed by atoms with Crippen LogP contribution in [0.3, 0.4) is 0 Å². The number of rotatable bonds is 2. The van der Waals surface area contributed by atoms with Gasteiger partial charge in [-0.3, -0.25) is 5.43 Å². The Kier molecular flexibility index (Phi) is 3.82. The largest absolute Gasteiger partial charge is 0.261 e. The second kappa shape index (κ2) is 5.14. The Balaban J connectivity index is 1.87. The van der Waals surface area contributed by atoms with Crippen molar-refractivity contribution >= 4 is 30.3 Å². The fourth-order valence-corrected chi connectivity index (χ4v) is 2.42. The maximum atomic E-state index is 4.24. The molecule has 0 atom stereocenters. The lowest BCUT2D eigenvalue weighted by Crippen LogP contribution is -2.50. The SMILES string of the molecule is SC1=CC(S)=NN(NC2CCCCC2)N1. The molecule has 0 radical (unpaired) electrons. The summed E-state index contributed by atoms with van der Waals surface area (Å²) in [5, 5.41) is 7.21. The third-order valence-corrected chi connectivity index (χ3v) is 3.05. The molecular formula is C9H16N4S2. The van der Waals surface area contributed by atoms with Gasteiger partial charge in [-0.05, 0) is 12.8 Å². The second-order valence-corrected chi connectivity index (χ2v) is 4.82. The first-order valence-corrected chi connectivity index (χ1v) is 6.14. The van der Waals surface area contributed by atoms with Gasteiger partial charge in [-0.1, -0.05) is 19.3 Å². The Morgan fingerprint density at radius 3 is 2.73 bits per heavy atom. The molecule has 0 aromatic heterocycles. The summed E-state index contributed by atoms with van der Waals surface area (Å²) in [5.74, 6) is 0. The zero-order valence-corrected chi connectivity index (χ0v) is 10.3. The van der Waals surface area contributed by atoms with Crippen LogP contribution in [0.2, 0.25) is 0 Å². The number of thiol groups is 2. The van der Waals surface area contributed by atoms with E-state index >= 15 is 0 Å².